The van der Waals surface area contributed by atoms with Crippen molar-refractivity contribution >= 4 is 23.7 Å². The molecule has 1 aliphatic heterocycles. The summed E-state index contributed by atoms with van der Waals surface area (Å²) in [6.07, 6.45) is 0.701. The molecule has 138 valence electrons. The fourth-order valence-corrected chi connectivity index (χ4v) is 3.72. The van der Waals surface area contributed by atoms with Crippen LogP contribution in [0.5, 0.6) is 0 Å². The molecule has 3 amide bonds. The first-order valence-corrected chi connectivity index (χ1v) is 9.51. The Kier molecular flexibility index (Phi) is 5.04. The first kappa shape index (κ1) is 18.4. The first-order valence-electron chi connectivity index (χ1n) is 8.53. The second kappa shape index (κ2) is 7.11. The summed E-state index contributed by atoms with van der Waals surface area (Å²) in [6.45, 7) is 5.89. The number of hydrogen-bond acceptors (Lipinski definition) is 5. The van der Waals surface area contributed by atoms with Gasteiger partial charge in [0.05, 0.1) is 0 Å². The maximum atomic E-state index is 12.2. The third-order valence-corrected chi connectivity index (χ3v) is 5.42. The number of imide groups is 1. The second-order valence-corrected chi connectivity index (χ2v) is 8.01. The number of carbonyl (C=O) groups excluding carboxylic acids is 2. The lowest BCUT2D eigenvalue weighted by atomic mass is 10.1. The lowest BCUT2D eigenvalue weighted by Crippen LogP contribution is -2.40. The molecular formula is C18H23N5O2S. The molecule has 7 nitrogen and oxygen atoms in total. The maximum absolute atomic E-state index is 12.2. The zero-order valence-corrected chi connectivity index (χ0v) is 16.3. The monoisotopic (exact) mass is 373 g/mol. The Bertz CT molecular complexity index is 846. The summed E-state index contributed by atoms with van der Waals surface area (Å²) in [5.74, 6) is 1.40. The predicted octanol–water partition coefficient (Wildman–Crippen LogP) is 2.60. The van der Waals surface area contributed by atoms with Gasteiger partial charge in [-0.25, -0.2) is 4.79 Å². The maximum Gasteiger partial charge on any atom is 0.325 e. The summed E-state index contributed by atoms with van der Waals surface area (Å²) in [4.78, 5) is 25.3. The summed E-state index contributed by atoms with van der Waals surface area (Å²) in [5, 5.41) is 12.1. The van der Waals surface area contributed by atoms with Crippen molar-refractivity contribution in [3.8, 4) is 11.4 Å². The largest absolute Gasteiger partial charge is 0.325 e. The summed E-state index contributed by atoms with van der Waals surface area (Å²) >= 11 is 1.57. The van der Waals surface area contributed by atoms with Gasteiger partial charge in [-0.2, -0.15) is 0 Å². The van der Waals surface area contributed by atoms with Gasteiger partial charge in [0, 0.05) is 24.9 Å². The zero-order chi connectivity index (χ0) is 18.9. The molecule has 8 heteroatoms. The number of thioether (sulfide) groups is 1. The highest BCUT2D eigenvalue weighted by atomic mass is 32.2. The third-order valence-electron chi connectivity index (χ3n) is 4.31. The molecule has 1 fully saturated rings. The van der Waals surface area contributed by atoms with Gasteiger partial charge in [0.15, 0.2) is 11.0 Å². The van der Waals surface area contributed by atoms with Crippen molar-refractivity contribution in [3.63, 3.8) is 0 Å². The molecule has 0 aliphatic carbocycles. The Morgan fingerprint density at radius 2 is 2.00 bits per heavy atom. The van der Waals surface area contributed by atoms with Crippen molar-refractivity contribution < 1.29 is 9.59 Å². The summed E-state index contributed by atoms with van der Waals surface area (Å²) < 4.78 is 1.97. The van der Waals surface area contributed by atoms with E-state index in [1.807, 2.05) is 36.7 Å². The quantitative estimate of drug-likeness (QED) is 0.478. The van der Waals surface area contributed by atoms with E-state index in [1.165, 1.54) is 10.5 Å². The average molecular weight is 373 g/mol. The molecular weight excluding hydrogens is 350 g/mol. The summed E-state index contributed by atoms with van der Waals surface area (Å²) in [7, 11) is 1.94. The van der Waals surface area contributed by atoms with Gasteiger partial charge in [0.1, 0.15) is 5.54 Å². The topological polar surface area (TPSA) is 80.1 Å². The SMILES string of the molecule is Cc1cccc(-c2nnc(SCCCN3C(=O)NC(C)(C)C3=O)n2C)c1. The molecule has 0 atom stereocenters. The van der Waals surface area contributed by atoms with Crippen molar-refractivity contribution in [1.82, 2.24) is 25.0 Å². The second-order valence-electron chi connectivity index (χ2n) is 6.95. The molecule has 1 aromatic carbocycles. The highest BCUT2D eigenvalue weighted by molar-refractivity contribution is 7.99. The van der Waals surface area contributed by atoms with Crippen LogP contribution < -0.4 is 5.32 Å². The normalized spacial score (nSPS) is 16.2. The van der Waals surface area contributed by atoms with Crippen molar-refractivity contribution in [1.29, 1.82) is 0 Å². The van der Waals surface area contributed by atoms with Gasteiger partial charge in [-0.15, -0.1) is 10.2 Å². The van der Waals surface area contributed by atoms with E-state index in [-0.39, 0.29) is 11.9 Å². The molecule has 0 radical (unpaired) electrons. The fraction of sp³-hybridized carbons (Fsp3) is 0.444. The summed E-state index contributed by atoms with van der Waals surface area (Å²) in [5.41, 5.74) is 1.40. The van der Waals surface area contributed by atoms with Crippen LogP contribution >= 0.6 is 11.8 Å². The van der Waals surface area contributed by atoms with Crippen LogP contribution in [-0.4, -0.2) is 49.4 Å². The number of nitrogens with zero attached hydrogens (tertiary/aromatic N) is 4. The highest BCUT2D eigenvalue weighted by Gasteiger charge is 2.43. The van der Waals surface area contributed by atoms with Crippen LogP contribution in [0.4, 0.5) is 4.79 Å². The van der Waals surface area contributed by atoms with Crippen LogP contribution in [0, 0.1) is 6.92 Å². The van der Waals surface area contributed by atoms with E-state index in [0.29, 0.717) is 13.0 Å². The predicted molar refractivity (Wildman–Crippen MR) is 101 cm³/mol. The van der Waals surface area contributed by atoms with Gasteiger partial charge in [-0.1, -0.05) is 35.5 Å². The Hall–Kier alpha value is -2.35. The molecule has 3 rings (SSSR count). The third kappa shape index (κ3) is 3.60. The van der Waals surface area contributed by atoms with E-state index in [4.69, 9.17) is 0 Å². The highest BCUT2D eigenvalue weighted by Crippen LogP contribution is 2.24. The van der Waals surface area contributed by atoms with Crippen LogP contribution in [-0.2, 0) is 11.8 Å². The molecule has 2 heterocycles. The number of amides is 3. The Morgan fingerprint density at radius 1 is 1.23 bits per heavy atom. The van der Waals surface area contributed by atoms with E-state index in [9.17, 15) is 9.59 Å². The van der Waals surface area contributed by atoms with E-state index in [1.54, 1.807) is 25.6 Å². The minimum Gasteiger partial charge on any atom is -0.324 e. The van der Waals surface area contributed by atoms with Crippen molar-refractivity contribution in [2.45, 2.75) is 37.9 Å². The minimum atomic E-state index is -0.809. The first-order chi connectivity index (χ1) is 12.3. The van der Waals surface area contributed by atoms with E-state index in [0.717, 1.165) is 22.3 Å². The van der Waals surface area contributed by atoms with Crippen LogP contribution in [0.25, 0.3) is 11.4 Å². The number of aryl methyl sites for hydroxylation is 1. The van der Waals surface area contributed by atoms with Gasteiger partial charge in [0.25, 0.3) is 5.91 Å². The molecule has 1 aromatic heterocycles. The zero-order valence-electron chi connectivity index (χ0n) is 15.4. The van der Waals surface area contributed by atoms with E-state index >= 15 is 0 Å². The molecule has 2 aromatic rings. The van der Waals surface area contributed by atoms with Crippen LogP contribution in [0.2, 0.25) is 0 Å². The number of rotatable bonds is 6. The van der Waals surface area contributed by atoms with Crippen LogP contribution in [0.15, 0.2) is 29.4 Å². The Balaban J connectivity index is 1.57. The molecule has 0 bridgehead atoms. The smallest absolute Gasteiger partial charge is 0.324 e. The standard InChI is InChI=1S/C18H23N5O2S/c1-12-7-5-8-13(11-12)14-20-21-17(22(14)4)26-10-6-9-23-15(24)18(2,3)19-16(23)25/h5,7-8,11H,6,9-10H2,1-4H3,(H,19,25). The molecule has 1 aliphatic rings. The molecule has 0 unspecified atom stereocenters. The molecule has 1 N–H and O–H groups in total. The molecule has 0 saturated carbocycles. The number of carbonyl (C=O) groups is 2. The van der Waals surface area contributed by atoms with Gasteiger partial charge in [-0.05, 0) is 33.3 Å². The number of hydrogen-bond donors (Lipinski definition) is 1. The van der Waals surface area contributed by atoms with Gasteiger partial charge in [-0.3, -0.25) is 9.69 Å². The Morgan fingerprint density at radius 3 is 2.65 bits per heavy atom. The number of nitrogens with one attached hydrogen (secondary N) is 1. The number of aromatic nitrogens is 3. The summed E-state index contributed by atoms with van der Waals surface area (Å²) in [6, 6.07) is 7.84. The Labute approximate surface area is 157 Å². The van der Waals surface area contributed by atoms with Crippen molar-refractivity contribution in [2.24, 2.45) is 7.05 Å². The molecule has 26 heavy (non-hydrogen) atoms. The molecule has 0 spiro atoms. The average Bonchev–Trinajstić information content (AvgIpc) is 3.03. The lowest BCUT2D eigenvalue weighted by molar-refractivity contribution is -0.130. The van der Waals surface area contributed by atoms with E-state index < -0.39 is 5.54 Å². The van der Waals surface area contributed by atoms with Crippen LogP contribution in [0.3, 0.4) is 0 Å². The lowest BCUT2D eigenvalue weighted by Gasteiger charge is -2.15. The number of urea groups is 1. The van der Waals surface area contributed by atoms with Crippen molar-refractivity contribution in [3.05, 3.63) is 29.8 Å². The molecule has 1 saturated heterocycles. The van der Waals surface area contributed by atoms with E-state index in [2.05, 4.69) is 21.6 Å². The number of benzene rings is 1. The minimum absolute atomic E-state index is 0.173. The van der Waals surface area contributed by atoms with Gasteiger partial charge >= 0.3 is 6.03 Å². The van der Waals surface area contributed by atoms with Gasteiger partial charge in [0.2, 0.25) is 0 Å². The van der Waals surface area contributed by atoms with Crippen molar-refractivity contribution in [2.75, 3.05) is 12.3 Å². The van der Waals surface area contributed by atoms with Crippen LogP contribution in [0.1, 0.15) is 25.8 Å². The van der Waals surface area contributed by atoms with Gasteiger partial charge < -0.3 is 9.88 Å². The fourth-order valence-electron chi connectivity index (χ4n) is 2.88.